The predicted molar refractivity (Wildman–Crippen MR) is 121 cm³/mol. The summed E-state index contributed by atoms with van der Waals surface area (Å²) in [5, 5.41) is 11.2. The van der Waals surface area contributed by atoms with Gasteiger partial charge in [0.2, 0.25) is 5.75 Å². The van der Waals surface area contributed by atoms with Crippen LogP contribution in [0.25, 0.3) is 0 Å². The van der Waals surface area contributed by atoms with E-state index in [-0.39, 0.29) is 23.5 Å². The van der Waals surface area contributed by atoms with E-state index < -0.39 is 18.2 Å². The van der Waals surface area contributed by atoms with Crippen molar-refractivity contribution in [2.75, 3.05) is 21.3 Å². The van der Waals surface area contributed by atoms with Gasteiger partial charge in [-0.2, -0.15) is 0 Å². The minimum atomic E-state index is -0.719. The summed E-state index contributed by atoms with van der Waals surface area (Å²) in [5.41, 5.74) is 1.10. The lowest BCUT2D eigenvalue weighted by Gasteiger charge is -2.34. The summed E-state index contributed by atoms with van der Waals surface area (Å²) in [5.74, 6) is 0.477. The summed E-state index contributed by atoms with van der Waals surface area (Å²) in [4.78, 5) is 13.2. The first-order valence-corrected chi connectivity index (χ1v) is 11.2. The van der Waals surface area contributed by atoms with Gasteiger partial charge in [-0.1, -0.05) is 25.5 Å². The van der Waals surface area contributed by atoms with Crippen molar-refractivity contribution >= 4 is 5.97 Å². The number of carbonyl (C=O) groups excluding carboxylic acids is 1. The number of epoxide rings is 1. The number of rotatable bonds is 6. The fourth-order valence-corrected chi connectivity index (χ4v) is 4.80. The Morgan fingerprint density at radius 3 is 2.31 bits per heavy atom. The third kappa shape index (κ3) is 4.89. The van der Waals surface area contributed by atoms with Gasteiger partial charge in [-0.15, -0.1) is 0 Å². The molecule has 1 heterocycles. The smallest absolute Gasteiger partial charge is 0.338 e. The van der Waals surface area contributed by atoms with Crippen LogP contribution >= 0.6 is 0 Å². The molecule has 0 saturated carbocycles. The highest BCUT2D eigenvalue weighted by molar-refractivity contribution is 5.91. The average molecular weight is 449 g/mol. The predicted octanol–water partition coefficient (Wildman–Crippen LogP) is 4.16. The molecule has 178 valence electrons. The molecule has 5 atom stereocenters. The van der Waals surface area contributed by atoms with E-state index in [1.165, 1.54) is 21.3 Å². The molecule has 0 bridgehead atoms. The number of hydrogen-bond donors (Lipinski definition) is 1. The molecule has 32 heavy (non-hydrogen) atoms. The van der Waals surface area contributed by atoms with Crippen molar-refractivity contribution in [3.63, 3.8) is 0 Å². The molecule has 7 heteroatoms. The number of aliphatic hydroxyl groups excluding tert-OH is 1. The van der Waals surface area contributed by atoms with Crippen LogP contribution in [-0.2, 0) is 9.47 Å². The van der Waals surface area contributed by atoms with Crippen LogP contribution in [-0.4, -0.2) is 56.3 Å². The second-order valence-corrected chi connectivity index (χ2v) is 9.31. The van der Waals surface area contributed by atoms with Crippen LogP contribution in [0.15, 0.2) is 23.8 Å². The Hall–Kier alpha value is -2.25. The van der Waals surface area contributed by atoms with E-state index in [0.29, 0.717) is 29.2 Å². The summed E-state index contributed by atoms with van der Waals surface area (Å²) in [6.45, 7) is 8.16. The molecule has 1 fully saturated rings. The van der Waals surface area contributed by atoms with E-state index >= 15 is 0 Å². The number of methoxy groups -OCH3 is 3. The lowest BCUT2D eigenvalue weighted by atomic mass is 9.78. The Balaban J connectivity index is 1.93. The summed E-state index contributed by atoms with van der Waals surface area (Å²) in [6, 6.07) is 3.16. The SMILES string of the molecule is COc1cc(C(=O)O[C@H]2C/C(C)=C/CC[C@]3(C)O[C@@H]3[C@@H](O)[C@@H]2C(C)C)cc(OC)c1OC. The van der Waals surface area contributed by atoms with E-state index in [1.807, 2.05) is 27.7 Å². The maximum atomic E-state index is 13.2. The second-order valence-electron chi connectivity index (χ2n) is 9.31. The first-order valence-electron chi connectivity index (χ1n) is 11.2. The molecule has 1 aliphatic heterocycles. The second kappa shape index (κ2) is 9.71. The minimum absolute atomic E-state index is 0.0865. The van der Waals surface area contributed by atoms with Crippen molar-refractivity contribution in [2.45, 2.75) is 70.9 Å². The number of fused-ring (bicyclic) bond motifs is 1. The van der Waals surface area contributed by atoms with Crippen molar-refractivity contribution in [3.05, 3.63) is 29.3 Å². The highest BCUT2D eigenvalue weighted by Gasteiger charge is 2.58. The number of esters is 1. The van der Waals surface area contributed by atoms with Gasteiger partial charge in [-0.05, 0) is 44.7 Å². The maximum absolute atomic E-state index is 13.2. The van der Waals surface area contributed by atoms with E-state index in [9.17, 15) is 9.90 Å². The third-order valence-corrected chi connectivity index (χ3v) is 6.66. The van der Waals surface area contributed by atoms with Crippen LogP contribution in [0.5, 0.6) is 17.2 Å². The Kier molecular flexibility index (Phi) is 7.40. The molecule has 0 amide bonds. The zero-order valence-electron chi connectivity index (χ0n) is 20.1. The van der Waals surface area contributed by atoms with E-state index in [4.69, 9.17) is 23.7 Å². The molecular formula is C25H36O7. The Morgan fingerprint density at radius 2 is 1.78 bits per heavy atom. The van der Waals surface area contributed by atoms with Gasteiger partial charge in [0.15, 0.2) is 11.5 Å². The Labute approximate surface area is 190 Å². The molecule has 1 aromatic rings. The van der Waals surface area contributed by atoms with Crippen molar-refractivity contribution in [1.82, 2.24) is 0 Å². The molecule has 1 aromatic carbocycles. The molecular weight excluding hydrogens is 412 g/mol. The summed E-state index contributed by atoms with van der Waals surface area (Å²) >= 11 is 0. The monoisotopic (exact) mass is 448 g/mol. The van der Waals surface area contributed by atoms with Crippen molar-refractivity contribution in [2.24, 2.45) is 11.8 Å². The normalized spacial score (nSPS) is 31.7. The number of ether oxygens (including phenoxy) is 5. The number of benzene rings is 1. The fourth-order valence-electron chi connectivity index (χ4n) is 4.80. The molecule has 0 aromatic heterocycles. The van der Waals surface area contributed by atoms with Crippen molar-refractivity contribution in [1.29, 1.82) is 0 Å². The molecule has 7 nitrogen and oxygen atoms in total. The van der Waals surface area contributed by atoms with Gasteiger partial charge in [0, 0.05) is 12.3 Å². The van der Waals surface area contributed by atoms with E-state index in [0.717, 1.165) is 18.4 Å². The van der Waals surface area contributed by atoms with Gasteiger partial charge in [-0.25, -0.2) is 4.79 Å². The summed E-state index contributed by atoms with van der Waals surface area (Å²) < 4.78 is 28.1. The van der Waals surface area contributed by atoms with Crippen molar-refractivity contribution in [3.8, 4) is 17.2 Å². The van der Waals surface area contributed by atoms with Crippen LogP contribution in [0.2, 0.25) is 0 Å². The van der Waals surface area contributed by atoms with Gasteiger partial charge < -0.3 is 28.8 Å². The Morgan fingerprint density at radius 1 is 1.16 bits per heavy atom. The van der Waals surface area contributed by atoms with E-state index in [1.54, 1.807) is 12.1 Å². The molecule has 1 aliphatic carbocycles. The van der Waals surface area contributed by atoms with Crippen LogP contribution in [0.3, 0.4) is 0 Å². The quantitative estimate of drug-likeness (QED) is 0.397. The molecule has 1 saturated heterocycles. The molecule has 0 radical (unpaired) electrons. The maximum Gasteiger partial charge on any atom is 0.338 e. The first-order chi connectivity index (χ1) is 15.1. The molecule has 0 unspecified atom stereocenters. The number of hydrogen-bond acceptors (Lipinski definition) is 7. The van der Waals surface area contributed by atoms with Gasteiger partial charge in [0.1, 0.15) is 12.2 Å². The zero-order chi connectivity index (χ0) is 23.6. The Bertz CT molecular complexity index is 837. The minimum Gasteiger partial charge on any atom is -0.493 e. The van der Waals surface area contributed by atoms with E-state index in [2.05, 4.69) is 6.08 Å². The third-order valence-electron chi connectivity index (χ3n) is 6.66. The van der Waals surface area contributed by atoms with Crippen LogP contribution < -0.4 is 14.2 Å². The molecule has 3 rings (SSSR count). The number of allylic oxidation sites excluding steroid dienone is 1. The standard InChI is InChI=1S/C25H36O7/c1-14(2)20-17(11-15(3)9-8-10-25(4)23(32-25)21(20)26)31-24(27)16-12-18(28-5)22(30-7)19(13-16)29-6/h9,12-14,17,20-21,23,26H,8,10-11H2,1-7H3/b15-9+/t17-,20+,21-,23+,25-/m0/s1. The lowest BCUT2D eigenvalue weighted by Crippen LogP contribution is -2.43. The topological polar surface area (TPSA) is 86.8 Å². The highest BCUT2D eigenvalue weighted by Crippen LogP contribution is 2.47. The molecule has 1 N–H and O–H groups in total. The van der Waals surface area contributed by atoms with Crippen molar-refractivity contribution < 1.29 is 33.6 Å². The molecule has 2 aliphatic rings. The largest absolute Gasteiger partial charge is 0.493 e. The van der Waals surface area contributed by atoms with Crippen LogP contribution in [0.4, 0.5) is 0 Å². The number of carbonyl (C=O) groups is 1. The first kappa shape index (κ1) is 24.4. The zero-order valence-corrected chi connectivity index (χ0v) is 20.1. The number of aliphatic hydroxyl groups is 1. The molecule has 0 spiro atoms. The van der Waals surface area contributed by atoms with Crippen LogP contribution in [0, 0.1) is 11.8 Å². The van der Waals surface area contributed by atoms with Crippen LogP contribution in [0.1, 0.15) is 57.3 Å². The average Bonchev–Trinajstić information content (AvgIpc) is 3.43. The summed E-state index contributed by atoms with van der Waals surface area (Å²) in [6.07, 6.45) is 3.00. The van der Waals surface area contributed by atoms with Gasteiger partial charge in [0.25, 0.3) is 0 Å². The van der Waals surface area contributed by atoms with Gasteiger partial charge in [-0.3, -0.25) is 0 Å². The fraction of sp³-hybridized carbons (Fsp3) is 0.640. The van der Waals surface area contributed by atoms with Gasteiger partial charge >= 0.3 is 5.97 Å². The van der Waals surface area contributed by atoms with Gasteiger partial charge in [0.05, 0.1) is 38.6 Å². The highest BCUT2D eigenvalue weighted by atomic mass is 16.6. The lowest BCUT2D eigenvalue weighted by molar-refractivity contribution is -0.0419. The summed E-state index contributed by atoms with van der Waals surface area (Å²) in [7, 11) is 4.51.